The molecule has 1 rings (SSSR count). The van der Waals surface area contributed by atoms with Crippen LogP contribution < -0.4 is 16.2 Å². The molecule has 4 N–H and O–H groups in total. The van der Waals surface area contributed by atoms with Crippen molar-refractivity contribution in [2.75, 3.05) is 7.11 Å². The van der Waals surface area contributed by atoms with Crippen molar-refractivity contribution >= 4 is 0 Å². The van der Waals surface area contributed by atoms with Gasteiger partial charge in [0.25, 0.3) is 0 Å². The van der Waals surface area contributed by atoms with Gasteiger partial charge in [0.05, 0.1) is 7.11 Å². The lowest BCUT2D eigenvalue weighted by Crippen LogP contribution is -2.20. The van der Waals surface area contributed by atoms with Crippen LogP contribution in [0.5, 0.6) is 5.75 Å². The molecule has 0 radical (unpaired) electrons. The summed E-state index contributed by atoms with van der Waals surface area (Å²) in [5.74, 6) is 0.908. The summed E-state index contributed by atoms with van der Waals surface area (Å²) < 4.78 is 5.32. The van der Waals surface area contributed by atoms with Crippen molar-refractivity contribution < 1.29 is 4.74 Å². The first-order chi connectivity index (χ1) is 7.52. The van der Waals surface area contributed by atoms with Crippen LogP contribution in [0.1, 0.15) is 25.0 Å². The van der Waals surface area contributed by atoms with E-state index >= 15 is 0 Å². The van der Waals surface area contributed by atoms with Gasteiger partial charge in [-0.05, 0) is 43.9 Å². The van der Waals surface area contributed by atoms with Gasteiger partial charge >= 0.3 is 0 Å². The summed E-state index contributed by atoms with van der Waals surface area (Å²) in [6.45, 7) is 4.01. The minimum Gasteiger partial charge on any atom is -0.496 e. The first-order valence-corrected chi connectivity index (χ1v) is 5.70. The van der Waals surface area contributed by atoms with E-state index in [0.717, 1.165) is 24.2 Å². The van der Waals surface area contributed by atoms with Crippen molar-refractivity contribution in [1.82, 2.24) is 0 Å². The summed E-state index contributed by atoms with van der Waals surface area (Å²) in [6.07, 6.45) is 1.71. The van der Waals surface area contributed by atoms with Gasteiger partial charge in [0.2, 0.25) is 0 Å². The SMILES string of the molecule is COc1ccc(CC(C)N)cc1CC(C)N. The van der Waals surface area contributed by atoms with Crippen molar-refractivity contribution in [3.63, 3.8) is 0 Å². The molecule has 3 heteroatoms. The van der Waals surface area contributed by atoms with E-state index in [4.69, 9.17) is 16.2 Å². The molecule has 0 spiro atoms. The zero-order valence-electron chi connectivity index (χ0n) is 10.4. The van der Waals surface area contributed by atoms with Crippen molar-refractivity contribution in [1.29, 1.82) is 0 Å². The molecular formula is C13H22N2O. The topological polar surface area (TPSA) is 61.3 Å². The van der Waals surface area contributed by atoms with Crippen molar-refractivity contribution in [3.05, 3.63) is 29.3 Å². The second-order valence-electron chi connectivity index (χ2n) is 4.51. The van der Waals surface area contributed by atoms with Crippen LogP contribution in [0.15, 0.2) is 18.2 Å². The molecule has 2 unspecified atom stereocenters. The lowest BCUT2D eigenvalue weighted by atomic mass is 10.00. The molecular weight excluding hydrogens is 200 g/mol. The summed E-state index contributed by atoms with van der Waals surface area (Å²) in [4.78, 5) is 0. The van der Waals surface area contributed by atoms with E-state index in [1.54, 1.807) is 7.11 Å². The van der Waals surface area contributed by atoms with Gasteiger partial charge in [-0.1, -0.05) is 12.1 Å². The summed E-state index contributed by atoms with van der Waals surface area (Å²) >= 11 is 0. The van der Waals surface area contributed by atoms with Gasteiger partial charge in [0.1, 0.15) is 5.75 Å². The van der Waals surface area contributed by atoms with E-state index in [-0.39, 0.29) is 12.1 Å². The Hall–Kier alpha value is -1.06. The normalized spacial score (nSPS) is 14.6. The van der Waals surface area contributed by atoms with Gasteiger partial charge in [-0.15, -0.1) is 0 Å². The average molecular weight is 222 g/mol. The molecule has 1 aromatic carbocycles. The summed E-state index contributed by atoms with van der Waals surface area (Å²) in [5.41, 5.74) is 14.0. The Morgan fingerprint density at radius 2 is 1.75 bits per heavy atom. The zero-order valence-corrected chi connectivity index (χ0v) is 10.4. The van der Waals surface area contributed by atoms with E-state index in [2.05, 4.69) is 12.1 Å². The highest BCUT2D eigenvalue weighted by atomic mass is 16.5. The molecule has 16 heavy (non-hydrogen) atoms. The smallest absolute Gasteiger partial charge is 0.122 e. The van der Waals surface area contributed by atoms with E-state index in [9.17, 15) is 0 Å². The summed E-state index contributed by atoms with van der Waals surface area (Å²) in [6, 6.07) is 6.52. The van der Waals surface area contributed by atoms with Crippen LogP contribution in [0.25, 0.3) is 0 Å². The molecule has 2 atom stereocenters. The molecule has 0 heterocycles. The minimum absolute atomic E-state index is 0.138. The number of hydrogen-bond acceptors (Lipinski definition) is 3. The van der Waals surface area contributed by atoms with E-state index in [1.165, 1.54) is 5.56 Å². The Morgan fingerprint density at radius 1 is 1.12 bits per heavy atom. The highest BCUT2D eigenvalue weighted by Gasteiger charge is 2.07. The van der Waals surface area contributed by atoms with Gasteiger partial charge in [0.15, 0.2) is 0 Å². The van der Waals surface area contributed by atoms with Gasteiger partial charge in [-0.2, -0.15) is 0 Å². The molecule has 0 saturated heterocycles. The Labute approximate surface area is 97.8 Å². The largest absolute Gasteiger partial charge is 0.496 e. The van der Waals surface area contributed by atoms with Crippen LogP contribution in [0, 0.1) is 0 Å². The second-order valence-corrected chi connectivity index (χ2v) is 4.51. The number of rotatable bonds is 5. The maximum Gasteiger partial charge on any atom is 0.122 e. The van der Waals surface area contributed by atoms with Crippen LogP contribution in [0.2, 0.25) is 0 Å². The molecule has 0 bridgehead atoms. The van der Waals surface area contributed by atoms with E-state index < -0.39 is 0 Å². The fourth-order valence-electron chi connectivity index (χ4n) is 1.84. The molecule has 3 nitrogen and oxygen atoms in total. The number of nitrogens with two attached hydrogens (primary N) is 2. The number of methoxy groups -OCH3 is 1. The Bertz CT molecular complexity index is 335. The number of ether oxygens (including phenoxy) is 1. The predicted molar refractivity (Wildman–Crippen MR) is 67.7 cm³/mol. The highest BCUT2D eigenvalue weighted by Crippen LogP contribution is 2.21. The molecule has 0 fully saturated rings. The molecule has 0 aliphatic rings. The summed E-state index contributed by atoms with van der Waals surface area (Å²) in [7, 11) is 1.69. The first kappa shape index (κ1) is 13.0. The molecule has 0 aliphatic carbocycles. The van der Waals surface area contributed by atoms with Crippen LogP contribution in [0.3, 0.4) is 0 Å². The third kappa shape index (κ3) is 3.83. The third-order valence-electron chi connectivity index (χ3n) is 2.44. The van der Waals surface area contributed by atoms with Crippen molar-refractivity contribution in [2.24, 2.45) is 11.5 Å². The molecule has 1 aromatic rings. The standard InChI is InChI=1S/C13H22N2O/c1-9(14)6-11-4-5-13(16-3)12(8-11)7-10(2)15/h4-5,8-10H,6-7,14-15H2,1-3H3. The zero-order chi connectivity index (χ0) is 12.1. The average Bonchev–Trinajstić information content (AvgIpc) is 2.16. The second kappa shape index (κ2) is 5.87. The third-order valence-corrected chi connectivity index (χ3v) is 2.44. The Kier molecular flexibility index (Phi) is 4.77. The Morgan fingerprint density at radius 3 is 2.25 bits per heavy atom. The van der Waals surface area contributed by atoms with Gasteiger partial charge in [-0.3, -0.25) is 0 Å². The first-order valence-electron chi connectivity index (χ1n) is 5.70. The Balaban J connectivity index is 2.91. The number of benzene rings is 1. The highest BCUT2D eigenvalue weighted by molar-refractivity contribution is 5.38. The predicted octanol–water partition coefficient (Wildman–Crippen LogP) is 1.47. The van der Waals surface area contributed by atoms with E-state index in [0.29, 0.717) is 0 Å². The molecule has 0 amide bonds. The molecule has 0 aliphatic heterocycles. The van der Waals surface area contributed by atoms with Crippen LogP contribution in [0.4, 0.5) is 0 Å². The lowest BCUT2D eigenvalue weighted by molar-refractivity contribution is 0.408. The van der Waals surface area contributed by atoms with Crippen LogP contribution in [-0.4, -0.2) is 19.2 Å². The van der Waals surface area contributed by atoms with Gasteiger partial charge in [0, 0.05) is 12.1 Å². The van der Waals surface area contributed by atoms with E-state index in [1.807, 2.05) is 19.9 Å². The molecule has 0 saturated carbocycles. The molecule has 90 valence electrons. The number of hydrogen-bond donors (Lipinski definition) is 2. The summed E-state index contributed by atoms with van der Waals surface area (Å²) in [5, 5.41) is 0. The van der Waals surface area contributed by atoms with Crippen LogP contribution in [-0.2, 0) is 12.8 Å². The van der Waals surface area contributed by atoms with Crippen LogP contribution >= 0.6 is 0 Å². The maximum atomic E-state index is 5.82. The fraction of sp³-hybridized carbons (Fsp3) is 0.538. The fourth-order valence-corrected chi connectivity index (χ4v) is 1.84. The lowest BCUT2D eigenvalue weighted by Gasteiger charge is -2.13. The molecule has 0 aromatic heterocycles. The van der Waals surface area contributed by atoms with Gasteiger partial charge in [-0.25, -0.2) is 0 Å². The monoisotopic (exact) mass is 222 g/mol. The minimum atomic E-state index is 0.138. The van der Waals surface area contributed by atoms with Crippen molar-refractivity contribution in [3.8, 4) is 5.75 Å². The van der Waals surface area contributed by atoms with Crippen molar-refractivity contribution in [2.45, 2.75) is 38.8 Å². The maximum absolute atomic E-state index is 5.82. The van der Waals surface area contributed by atoms with Gasteiger partial charge < -0.3 is 16.2 Å². The quantitative estimate of drug-likeness (QED) is 0.793.